The van der Waals surface area contributed by atoms with Crippen LogP contribution in [0.1, 0.15) is 5.76 Å². The zero-order chi connectivity index (χ0) is 17.9. The molecule has 8 nitrogen and oxygen atoms in total. The summed E-state index contributed by atoms with van der Waals surface area (Å²) in [6.45, 7) is 0.501. The molecule has 2 aromatic heterocycles. The van der Waals surface area contributed by atoms with Gasteiger partial charge in [-0.1, -0.05) is 23.9 Å². The molecule has 0 saturated carbocycles. The number of nitrogens with one attached hydrogen (secondary N) is 1. The van der Waals surface area contributed by atoms with E-state index in [1.165, 1.54) is 16.7 Å². The summed E-state index contributed by atoms with van der Waals surface area (Å²) in [6.07, 6.45) is 3.20. The fraction of sp³-hybridized carbons (Fsp3) is 0.176. The number of nitrogens with zero attached hydrogens (tertiary/aromatic N) is 4. The number of benzene rings is 1. The first-order chi connectivity index (χ1) is 12.7. The van der Waals surface area contributed by atoms with Gasteiger partial charge >= 0.3 is 0 Å². The number of rotatable bonds is 5. The predicted octanol–water partition coefficient (Wildman–Crippen LogP) is 2.00. The van der Waals surface area contributed by atoms with Crippen molar-refractivity contribution < 1.29 is 14.0 Å². The standard InChI is InChI=1S/C17H15N5O3S/c23-15-9-22(14-6-2-1-5-13(14)19-15)16(24)10-26-17-20-18-11-21(17)8-12-4-3-7-25-12/h1-7,11H,8-10H2,(H,19,23). The Hall–Kier alpha value is -3.07. The first-order valence-corrected chi connectivity index (χ1v) is 8.91. The van der Waals surface area contributed by atoms with Crippen LogP contribution in [0.5, 0.6) is 0 Å². The van der Waals surface area contributed by atoms with Crippen molar-refractivity contribution in [2.75, 3.05) is 22.5 Å². The second-order valence-electron chi connectivity index (χ2n) is 5.65. The Morgan fingerprint density at radius 3 is 3.00 bits per heavy atom. The van der Waals surface area contributed by atoms with E-state index in [2.05, 4.69) is 15.5 Å². The molecular weight excluding hydrogens is 354 g/mol. The minimum Gasteiger partial charge on any atom is -0.467 e. The lowest BCUT2D eigenvalue weighted by Crippen LogP contribution is -2.43. The van der Waals surface area contributed by atoms with Gasteiger partial charge in [0.15, 0.2) is 5.16 Å². The van der Waals surface area contributed by atoms with Gasteiger partial charge in [-0.25, -0.2) is 0 Å². The summed E-state index contributed by atoms with van der Waals surface area (Å²) in [5.41, 5.74) is 1.35. The van der Waals surface area contributed by atoms with Crippen molar-refractivity contribution in [1.82, 2.24) is 14.8 Å². The molecule has 0 bridgehead atoms. The van der Waals surface area contributed by atoms with Gasteiger partial charge < -0.3 is 19.2 Å². The van der Waals surface area contributed by atoms with Crippen molar-refractivity contribution in [3.8, 4) is 0 Å². The van der Waals surface area contributed by atoms with E-state index in [9.17, 15) is 9.59 Å². The van der Waals surface area contributed by atoms with E-state index in [-0.39, 0.29) is 24.1 Å². The molecule has 1 aliphatic heterocycles. The molecule has 9 heteroatoms. The number of para-hydroxylation sites is 2. The van der Waals surface area contributed by atoms with Crippen molar-refractivity contribution in [1.29, 1.82) is 0 Å². The number of hydrogen-bond acceptors (Lipinski definition) is 6. The van der Waals surface area contributed by atoms with Crippen molar-refractivity contribution in [2.45, 2.75) is 11.7 Å². The fourth-order valence-corrected chi connectivity index (χ4v) is 3.49. The van der Waals surface area contributed by atoms with Crippen LogP contribution in [-0.2, 0) is 16.1 Å². The third-order valence-corrected chi connectivity index (χ3v) is 4.85. The first kappa shape index (κ1) is 16.4. The third-order valence-electron chi connectivity index (χ3n) is 3.88. The van der Waals surface area contributed by atoms with E-state index in [0.29, 0.717) is 23.1 Å². The van der Waals surface area contributed by atoms with E-state index in [0.717, 1.165) is 5.76 Å². The SMILES string of the molecule is O=C1CN(C(=O)CSc2nncn2Cc2ccco2)c2ccccc2N1. The molecule has 1 aliphatic rings. The summed E-state index contributed by atoms with van der Waals surface area (Å²) >= 11 is 1.28. The second kappa shape index (κ2) is 7.04. The molecule has 132 valence electrons. The largest absolute Gasteiger partial charge is 0.467 e. The number of anilines is 2. The highest BCUT2D eigenvalue weighted by Crippen LogP contribution is 2.29. The van der Waals surface area contributed by atoms with Gasteiger partial charge in [-0.2, -0.15) is 0 Å². The first-order valence-electron chi connectivity index (χ1n) is 7.93. The van der Waals surface area contributed by atoms with E-state index >= 15 is 0 Å². The summed E-state index contributed by atoms with van der Waals surface area (Å²) in [4.78, 5) is 26.0. The zero-order valence-electron chi connectivity index (χ0n) is 13.7. The quantitative estimate of drug-likeness (QED) is 0.692. The number of aromatic nitrogens is 3. The molecule has 2 amide bonds. The van der Waals surface area contributed by atoms with E-state index in [1.54, 1.807) is 18.7 Å². The Kier molecular flexibility index (Phi) is 4.44. The van der Waals surface area contributed by atoms with Gasteiger partial charge in [0.25, 0.3) is 0 Å². The second-order valence-corrected chi connectivity index (χ2v) is 6.60. The minimum absolute atomic E-state index is 0.00942. The van der Waals surface area contributed by atoms with Crippen LogP contribution in [0.3, 0.4) is 0 Å². The average molecular weight is 369 g/mol. The van der Waals surface area contributed by atoms with Crippen LogP contribution in [-0.4, -0.2) is 38.9 Å². The monoisotopic (exact) mass is 369 g/mol. The van der Waals surface area contributed by atoms with Gasteiger partial charge in [0.1, 0.15) is 18.6 Å². The van der Waals surface area contributed by atoms with Crippen LogP contribution in [0.4, 0.5) is 11.4 Å². The Bertz CT molecular complexity index is 938. The molecule has 26 heavy (non-hydrogen) atoms. The maximum Gasteiger partial charge on any atom is 0.244 e. The number of carbonyl (C=O) groups excluding carboxylic acids is 2. The molecule has 0 saturated heterocycles. The van der Waals surface area contributed by atoms with Crippen LogP contribution in [0.2, 0.25) is 0 Å². The normalized spacial score (nSPS) is 13.4. The number of carbonyl (C=O) groups is 2. The van der Waals surface area contributed by atoms with Crippen molar-refractivity contribution in [2.24, 2.45) is 0 Å². The maximum atomic E-state index is 12.7. The van der Waals surface area contributed by atoms with Crippen LogP contribution in [0.15, 0.2) is 58.6 Å². The molecule has 0 atom stereocenters. The van der Waals surface area contributed by atoms with Gasteiger partial charge in [0.2, 0.25) is 11.8 Å². The average Bonchev–Trinajstić information content (AvgIpc) is 3.31. The van der Waals surface area contributed by atoms with Crippen LogP contribution in [0.25, 0.3) is 0 Å². The molecule has 3 aromatic rings. The van der Waals surface area contributed by atoms with Crippen LogP contribution >= 0.6 is 11.8 Å². The molecule has 0 radical (unpaired) electrons. The molecular formula is C17H15N5O3S. The van der Waals surface area contributed by atoms with E-state index in [1.807, 2.05) is 34.9 Å². The number of fused-ring (bicyclic) bond motifs is 1. The predicted molar refractivity (Wildman–Crippen MR) is 96.0 cm³/mol. The molecule has 4 rings (SSSR count). The lowest BCUT2D eigenvalue weighted by molar-refractivity contribution is -0.120. The van der Waals surface area contributed by atoms with E-state index in [4.69, 9.17) is 4.42 Å². The Labute approximate surface area is 153 Å². The van der Waals surface area contributed by atoms with Crippen LogP contribution < -0.4 is 10.2 Å². The summed E-state index contributed by atoms with van der Waals surface area (Å²) in [5.74, 6) is 0.561. The van der Waals surface area contributed by atoms with Gasteiger partial charge in [-0.15, -0.1) is 10.2 Å². The molecule has 3 heterocycles. The fourth-order valence-electron chi connectivity index (χ4n) is 2.69. The zero-order valence-corrected chi connectivity index (χ0v) is 14.5. The Balaban J connectivity index is 1.45. The summed E-state index contributed by atoms with van der Waals surface area (Å²) < 4.78 is 7.14. The minimum atomic E-state index is -0.206. The van der Waals surface area contributed by atoms with Gasteiger partial charge in [-0.05, 0) is 24.3 Å². The van der Waals surface area contributed by atoms with Gasteiger partial charge in [0.05, 0.1) is 29.9 Å². The van der Waals surface area contributed by atoms with Crippen molar-refractivity contribution in [3.05, 3.63) is 54.7 Å². The number of hydrogen-bond donors (Lipinski definition) is 1. The highest BCUT2D eigenvalue weighted by Gasteiger charge is 2.26. The third kappa shape index (κ3) is 3.33. The number of amides is 2. The molecule has 0 fully saturated rings. The molecule has 0 unspecified atom stereocenters. The Morgan fingerprint density at radius 2 is 2.15 bits per heavy atom. The van der Waals surface area contributed by atoms with Crippen molar-refractivity contribution >= 4 is 35.0 Å². The number of furan rings is 1. The molecule has 1 aromatic carbocycles. The molecule has 1 N–H and O–H groups in total. The highest BCUT2D eigenvalue weighted by atomic mass is 32.2. The summed E-state index contributed by atoms with van der Waals surface area (Å²) in [7, 11) is 0. The van der Waals surface area contributed by atoms with E-state index < -0.39 is 0 Å². The lowest BCUT2D eigenvalue weighted by atomic mass is 10.2. The highest BCUT2D eigenvalue weighted by molar-refractivity contribution is 7.99. The maximum absolute atomic E-state index is 12.7. The molecule has 0 aliphatic carbocycles. The number of thioether (sulfide) groups is 1. The summed E-state index contributed by atoms with van der Waals surface area (Å²) in [5, 5.41) is 11.3. The van der Waals surface area contributed by atoms with Gasteiger partial charge in [-0.3, -0.25) is 9.59 Å². The summed E-state index contributed by atoms with van der Waals surface area (Å²) in [6, 6.07) is 10.9. The topological polar surface area (TPSA) is 93.3 Å². The lowest BCUT2D eigenvalue weighted by Gasteiger charge is -2.29. The van der Waals surface area contributed by atoms with Gasteiger partial charge in [0, 0.05) is 0 Å². The van der Waals surface area contributed by atoms with Crippen molar-refractivity contribution in [3.63, 3.8) is 0 Å². The smallest absolute Gasteiger partial charge is 0.244 e. The van der Waals surface area contributed by atoms with Crippen LogP contribution in [0, 0.1) is 0 Å². The Morgan fingerprint density at radius 1 is 1.27 bits per heavy atom. The molecule has 0 spiro atoms.